The maximum absolute atomic E-state index is 6.31. The molecule has 0 radical (unpaired) electrons. The Labute approximate surface area is 294 Å². The number of hydrogen-bond acceptors (Lipinski definition) is 4. The molecule has 1 aliphatic carbocycles. The van der Waals surface area contributed by atoms with Crippen molar-refractivity contribution in [2.45, 2.75) is 18.9 Å². The van der Waals surface area contributed by atoms with Crippen LogP contribution in [0.1, 0.15) is 13.3 Å². The molecule has 1 aromatic heterocycles. The summed E-state index contributed by atoms with van der Waals surface area (Å²) in [6, 6.07) is 60.5. The van der Waals surface area contributed by atoms with Crippen molar-refractivity contribution in [3.63, 3.8) is 0 Å². The second-order valence-electron chi connectivity index (χ2n) is 12.9. The van der Waals surface area contributed by atoms with Gasteiger partial charge in [0, 0.05) is 22.5 Å². The van der Waals surface area contributed by atoms with Gasteiger partial charge in [-0.25, -0.2) is 0 Å². The van der Waals surface area contributed by atoms with Gasteiger partial charge in [0.2, 0.25) is 11.8 Å². The van der Waals surface area contributed by atoms with Crippen LogP contribution in [0.15, 0.2) is 199 Å². The average Bonchev–Trinajstić information content (AvgIpc) is 3.68. The highest BCUT2D eigenvalue weighted by Crippen LogP contribution is 2.38. The third-order valence-electron chi connectivity index (χ3n) is 9.74. The normalized spacial score (nSPS) is 15.5. The number of nitrogens with zero attached hydrogens (tertiary/aromatic N) is 3. The number of allylic oxidation sites excluding steroid dienone is 2. The third-order valence-corrected chi connectivity index (χ3v) is 14.5. The Morgan fingerprint density at radius 1 is 0.500 bits per heavy atom. The second kappa shape index (κ2) is 13.5. The van der Waals surface area contributed by atoms with E-state index in [9.17, 15) is 0 Å². The number of para-hydroxylation sites is 1. The molecule has 4 nitrogen and oxygen atoms in total. The number of anilines is 2. The van der Waals surface area contributed by atoms with Crippen molar-refractivity contribution in [2.75, 3.05) is 4.90 Å². The molecule has 0 saturated carbocycles. The molecule has 1 aliphatic rings. The molecule has 0 fully saturated rings. The van der Waals surface area contributed by atoms with Crippen LogP contribution in [0.25, 0.3) is 22.9 Å². The number of hydrogen-bond donors (Lipinski definition) is 0. The molecule has 0 N–H and O–H groups in total. The van der Waals surface area contributed by atoms with Crippen molar-refractivity contribution in [3.8, 4) is 22.9 Å². The molecule has 242 valence electrons. The Morgan fingerprint density at radius 2 is 0.920 bits per heavy atom. The van der Waals surface area contributed by atoms with E-state index >= 15 is 0 Å². The lowest BCUT2D eigenvalue weighted by molar-refractivity contribution is 0.570. The van der Waals surface area contributed by atoms with Crippen LogP contribution < -0.4 is 25.6 Å². The highest BCUT2D eigenvalue weighted by molar-refractivity contribution is 7.19. The van der Waals surface area contributed by atoms with E-state index in [-0.39, 0.29) is 5.54 Å². The molecule has 1 heterocycles. The first-order valence-corrected chi connectivity index (χ1v) is 19.1. The van der Waals surface area contributed by atoms with E-state index in [4.69, 9.17) is 4.42 Å². The summed E-state index contributed by atoms with van der Waals surface area (Å²) in [7, 11) is -2.61. The fraction of sp³-hybridized carbons (Fsp3) is 0.0667. The topological polar surface area (TPSA) is 42.2 Å². The van der Waals surface area contributed by atoms with Crippen molar-refractivity contribution in [3.05, 3.63) is 194 Å². The zero-order chi connectivity index (χ0) is 33.8. The van der Waals surface area contributed by atoms with Crippen LogP contribution in [0.2, 0.25) is 0 Å². The average molecular weight is 664 g/mol. The van der Waals surface area contributed by atoms with Gasteiger partial charge < -0.3 is 9.32 Å². The first-order chi connectivity index (χ1) is 24.6. The summed E-state index contributed by atoms with van der Waals surface area (Å²) in [6.07, 6.45) is 9.66. The van der Waals surface area contributed by atoms with E-state index in [1.54, 1.807) is 0 Å². The summed E-state index contributed by atoms with van der Waals surface area (Å²) in [5, 5.41) is 14.3. The highest BCUT2D eigenvalue weighted by atomic mass is 28.3. The largest absolute Gasteiger partial charge is 0.416 e. The number of rotatable bonds is 9. The standard InChI is InChI=1S/C45H37N3OSi/c1-45(33-15-6-16-34-45)48(37-17-7-2-8-18-37)38-29-25-35(26-30-38)43-46-47-44(49-43)36-27-31-42(32-28-36)50(39-19-9-3-10-20-39,40-21-11-4-12-22-40)41-23-13-5-14-24-41/h2-33H,34H2,1H3. The van der Waals surface area contributed by atoms with Gasteiger partial charge in [-0.3, -0.25) is 0 Å². The summed E-state index contributed by atoms with van der Waals surface area (Å²) in [5.41, 5.74) is 3.82. The van der Waals surface area contributed by atoms with Gasteiger partial charge in [0.15, 0.2) is 8.07 Å². The number of benzene rings is 6. The summed E-state index contributed by atoms with van der Waals surface area (Å²) in [4.78, 5) is 2.39. The van der Waals surface area contributed by atoms with E-state index in [0.717, 1.165) is 28.9 Å². The van der Waals surface area contributed by atoms with Crippen LogP contribution in [-0.2, 0) is 0 Å². The number of aromatic nitrogens is 2. The summed E-state index contributed by atoms with van der Waals surface area (Å²) < 4.78 is 6.31. The molecule has 0 saturated heterocycles. The van der Waals surface area contributed by atoms with E-state index in [2.05, 4.69) is 216 Å². The van der Waals surface area contributed by atoms with Crippen molar-refractivity contribution in [1.29, 1.82) is 0 Å². The zero-order valence-electron chi connectivity index (χ0n) is 27.9. The minimum Gasteiger partial charge on any atom is -0.416 e. The van der Waals surface area contributed by atoms with Crippen molar-refractivity contribution >= 4 is 40.2 Å². The zero-order valence-corrected chi connectivity index (χ0v) is 28.9. The molecule has 7 aromatic rings. The van der Waals surface area contributed by atoms with Gasteiger partial charge in [0.05, 0.1) is 5.54 Å². The van der Waals surface area contributed by atoms with Crippen LogP contribution in [0, 0.1) is 0 Å². The second-order valence-corrected chi connectivity index (χ2v) is 16.7. The first-order valence-electron chi connectivity index (χ1n) is 17.1. The van der Waals surface area contributed by atoms with Crippen LogP contribution in [-0.4, -0.2) is 23.8 Å². The Hall–Kier alpha value is -6.04. The lowest BCUT2D eigenvalue weighted by Gasteiger charge is -2.41. The van der Waals surface area contributed by atoms with Crippen molar-refractivity contribution in [2.24, 2.45) is 0 Å². The molecule has 8 rings (SSSR count). The van der Waals surface area contributed by atoms with E-state index in [1.807, 2.05) is 0 Å². The minimum absolute atomic E-state index is 0.191. The van der Waals surface area contributed by atoms with Gasteiger partial charge in [0.25, 0.3) is 0 Å². The molecule has 5 heteroatoms. The Kier molecular flexibility index (Phi) is 8.41. The molecule has 0 bridgehead atoms. The Bertz CT molecular complexity index is 2140. The molecule has 6 aromatic carbocycles. The van der Waals surface area contributed by atoms with Crippen LogP contribution in [0.4, 0.5) is 11.4 Å². The van der Waals surface area contributed by atoms with Gasteiger partial charge in [-0.05, 0) is 82.6 Å². The van der Waals surface area contributed by atoms with Crippen molar-refractivity contribution < 1.29 is 4.42 Å². The monoisotopic (exact) mass is 663 g/mol. The molecular formula is C45H37N3OSi. The fourth-order valence-corrected chi connectivity index (χ4v) is 12.1. The quantitative estimate of drug-likeness (QED) is 0.115. The predicted molar refractivity (Wildman–Crippen MR) is 209 cm³/mol. The van der Waals surface area contributed by atoms with Gasteiger partial charge in [-0.1, -0.05) is 146 Å². The SMILES string of the molecule is CC1(N(c2ccccc2)c2ccc(-c3nnc(-c4ccc([Si](c5ccccc5)(c5ccccc5)c5ccccc5)cc4)o3)cc2)C=CC=CC1. The highest BCUT2D eigenvalue weighted by Gasteiger charge is 2.41. The predicted octanol–water partition coefficient (Wildman–Crippen LogP) is 8.19. The van der Waals surface area contributed by atoms with Crippen molar-refractivity contribution in [1.82, 2.24) is 10.2 Å². The first kappa shape index (κ1) is 31.2. The Morgan fingerprint density at radius 3 is 1.38 bits per heavy atom. The van der Waals surface area contributed by atoms with Crippen LogP contribution in [0.5, 0.6) is 0 Å². The third kappa shape index (κ3) is 5.72. The molecule has 1 atom stereocenters. The summed E-state index contributed by atoms with van der Waals surface area (Å²) in [5.74, 6) is 0.995. The molecule has 50 heavy (non-hydrogen) atoms. The van der Waals surface area contributed by atoms with Gasteiger partial charge >= 0.3 is 0 Å². The van der Waals surface area contributed by atoms with E-state index in [1.165, 1.54) is 20.7 Å². The van der Waals surface area contributed by atoms with Gasteiger partial charge in [-0.2, -0.15) is 0 Å². The molecular weight excluding hydrogens is 627 g/mol. The molecule has 1 unspecified atom stereocenters. The smallest absolute Gasteiger partial charge is 0.248 e. The van der Waals surface area contributed by atoms with Crippen LogP contribution >= 0.6 is 0 Å². The maximum Gasteiger partial charge on any atom is 0.248 e. The Balaban J connectivity index is 1.12. The fourth-order valence-electron chi connectivity index (χ4n) is 7.33. The molecule has 0 amide bonds. The lowest BCUT2D eigenvalue weighted by Crippen LogP contribution is -2.74. The summed E-state index contributed by atoms with van der Waals surface area (Å²) >= 11 is 0. The molecule has 0 aliphatic heterocycles. The minimum atomic E-state index is -2.61. The van der Waals surface area contributed by atoms with Crippen LogP contribution in [0.3, 0.4) is 0 Å². The van der Waals surface area contributed by atoms with Gasteiger partial charge in [-0.15, -0.1) is 10.2 Å². The summed E-state index contributed by atoms with van der Waals surface area (Å²) in [6.45, 7) is 2.27. The van der Waals surface area contributed by atoms with E-state index in [0.29, 0.717) is 11.8 Å². The molecule has 0 spiro atoms. The maximum atomic E-state index is 6.31. The van der Waals surface area contributed by atoms with Gasteiger partial charge in [0.1, 0.15) is 0 Å². The van der Waals surface area contributed by atoms with E-state index < -0.39 is 8.07 Å². The lowest BCUT2D eigenvalue weighted by atomic mass is 9.90.